The molecule has 1 amide bonds. The molecule has 1 aliphatic heterocycles. The lowest BCUT2D eigenvalue weighted by molar-refractivity contribution is 0.0332. The molecule has 2 N–H and O–H groups in total. The van der Waals surface area contributed by atoms with Crippen LogP contribution in [0.1, 0.15) is 41.7 Å². The van der Waals surface area contributed by atoms with Crippen LogP contribution in [0.2, 0.25) is 0 Å². The standard InChI is InChI=1S/C23H30N2O4/c1-17(18-7-5-4-6-8-18)25-23(11-13-29-14-12-23)16-24-22(26)20-15-19(27-2)9-10-21(20)28-3/h4-10,15,17,25H,11-14,16H2,1-3H3,(H,24,26). The number of carbonyl (C=O) groups is 1. The summed E-state index contributed by atoms with van der Waals surface area (Å²) in [5, 5.41) is 6.86. The molecule has 1 saturated heterocycles. The molecule has 0 aromatic heterocycles. The van der Waals surface area contributed by atoms with E-state index >= 15 is 0 Å². The largest absolute Gasteiger partial charge is 0.497 e. The van der Waals surface area contributed by atoms with Crippen molar-refractivity contribution in [1.29, 1.82) is 0 Å². The van der Waals surface area contributed by atoms with Crippen LogP contribution >= 0.6 is 0 Å². The summed E-state index contributed by atoms with van der Waals surface area (Å²) in [6, 6.07) is 15.7. The maximum Gasteiger partial charge on any atom is 0.255 e. The molecule has 6 heteroatoms. The first-order valence-corrected chi connectivity index (χ1v) is 9.97. The summed E-state index contributed by atoms with van der Waals surface area (Å²) in [6.07, 6.45) is 1.67. The van der Waals surface area contributed by atoms with E-state index in [9.17, 15) is 4.79 Å². The van der Waals surface area contributed by atoms with Crippen LogP contribution in [0.5, 0.6) is 11.5 Å². The Balaban J connectivity index is 1.73. The summed E-state index contributed by atoms with van der Waals surface area (Å²) in [6.45, 7) is 4.01. The van der Waals surface area contributed by atoms with Gasteiger partial charge < -0.3 is 24.8 Å². The molecule has 0 bridgehead atoms. The molecule has 1 fully saturated rings. The maximum absolute atomic E-state index is 12.9. The molecule has 3 rings (SSSR count). The number of carbonyl (C=O) groups excluding carboxylic acids is 1. The molecule has 0 spiro atoms. The summed E-state index contributed by atoms with van der Waals surface area (Å²) < 4.78 is 16.2. The zero-order chi connectivity index (χ0) is 20.7. The molecule has 1 atom stereocenters. The van der Waals surface area contributed by atoms with Crippen LogP contribution in [0.4, 0.5) is 0 Å². The third kappa shape index (κ3) is 5.28. The minimum absolute atomic E-state index is 0.164. The van der Waals surface area contributed by atoms with Gasteiger partial charge in [0.1, 0.15) is 11.5 Å². The van der Waals surface area contributed by atoms with Crippen molar-refractivity contribution in [2.45, 2.75) is 31.3 Å². The molecule has 0 radical (unpaired) electrons. The predicted octanol–water partition coefficient (Wildman–Crippen LogP) is 3.33. The quantitative estimate of drug-likeness (QED) is 0.714. The molecular formula is C23H30N2O4. The zero-order valence-corrected chi connectivity index (χ0v) is 17.4. The topological polar surface area (TPSA) is 68.8 Å². The lowest BCUT2D eigenvalue weighted by Gasteiger charge is -2.40. The van der Waals surface area contributed by atoms with Crippen molar-refractivity contribution in [3.05, 3.63) is 59.7 Å². The number of benzene rings is 2. The lowest BCUT2D eigenvalue weighted by Crippen LogP contribution is -2.57. The number of rotatable bonds is 8. The molecule has 1 aliphatic rings. The maximum atomic E-state index is 12.9. The van der Waals surface area contributed by atoms with Gasteiger partial charge in [-0.3, -0.25) is 4.79 Å². The Morgan fingerprint density at radius 3 is 2.48 bits per heavy atom. The van der Waals surface area contributed by atoms with Gasteiger partial charge in [-0.2, -0.15) is 0 Å². The van der Waals surface area contributed by atoms with Crippen LogP contribution in [-0.2, 0) is 4.74 Å². The number of methoxy groups -OCH3 is 2. The summed E-state index contributed by atoms with van der Waals surface area (Å²) in [5.74, 6) is 0.961. The van der Waals surface area contributed by atoms with Gasteiger partial charge in [0.05, 0.1) is 19.8 Å². The third-order valence-corrected chi connectivity index (χ3v) is 5.51. The van der Waals surface area contributed by atoms with E-state index in [0.29, 0.717) is 36.8 Å². The molecule has 29 heavy (non-hydrogen) atoms. The minimum atomic E-state index is -0.227. The Kier molecular flexibility index (Phi) is 7.12. The monoisotopic (exact) mass is 398 g/mol. The second-order valence-corrected chi connectivity index (χ2v) is 7.42. The third-order valence-electron chi connectivity index (χ3n) is 5.51. The average Bonchev–Trinajstić information content (AvgIpc) is 2.78. The smallest absolute Gasteiger partial charge is 0.255 e. The Hall–Kier alpha value is -2.57. The fraction of sp³-hybridized carbons (Fsp3) is 0.435. The van der Waals surface area contributed by atoms with Gasteiger partial charge in [-0.15, -0.1) is 0 Å². The Morgan fingerprint density at radius 1 is 1.10 bits per heavy atom. The van der Waals surface area contributed by atoms with Gasteiger partial charge in [0.15, 0.2) is 0 Å². The Labute approximate surface area is 172 Å². The number of hydrogen-bond donors (Lipinski definition) is 2. The van der Waals surface area contributed by atoms with Crippen molar-refractivity contribution in [3.8, 4) is 11.5 Å². The van der Waals surface area contributed by atoms with E-state index in [2.05, 4.69) is 29.7 Å². The number of nitrogens with one attached hydrogen (secondary N) is 2. The first-order valence-electron chi connectivity index (χ1n) is 9.97. The molecule has 1 unspecified atom stereocenters. The summed E-state index contributed by atoms with van der Waals surface area (Å²) in [5.41, 5.74) is 1.46. The average molecular weight is 399 g/mol. The molecule has 0 aliphatic carbocycles. The van der Waals surface area contributed by atoms with Crippen LogP contribution in [-0.4, -0.2) is 45.4 Å². The predicted molar refractivity (Wildman–Crippen MR) is 113 cm³/mol. The second kappa shape index (κ2) is 9.76. The van der Waals surface area contributed by atoms with Crippen molar-refractivity contribution in [1.82, 2.24) is 10.6 Å². The lowest BCUT2D eigenvalue weighted by atomic mass is 9.88. The fourth-order valence-corrected chi connectivity index (χ4v) is 3.75. The van der Waals surface area contributed by atoms with Crippen molar-refractivity contribution in [2.75, 3.05) is 34.0 Å². The van der Waals surface area contributed by atoms with Crippen molar-refractivity contribution in [2.24, 2.45) is 0 Å². The van der Waals surface area contributed by atoms with Crippen LogP contribution in [0.15, 0.2) is 48.5 Å². The van der Waals surface area contributed by atoms with Gasteiger partial charge in [0.25, 0.3) is 5.91 Å². The van der Waals surface area contributed by atoms with E-state index in [1.807, 2.05) is 18.2 Å². The second-order valence-electron chi connectivity index (χ2n) is 7.42. The highest BCUT2D eigenvalue weighted by molar-refractivity contribution is 5.97. The Bertz CT molecular complexity index is 804. The van der Waals surface area contributed by atoms with E-state index in [0.717, 1.165) is 12.8 Å². The molecule has 156 valence electrons. The van der Waals surface area contributed by atoms with Gasteiger partial charge >= 0.3 is 0 Å². The SMILES string of the molecule is COc1ccc(OC)c(C(=O)NCC2(NC(C)c3ccccc3)CCOCC2)c1. The first kappa shape index (κ1) is 21.1. The molecular weight excluding hydrogens is 368 g/mol. The van der Waals surface area contributed by atoms with E-state index in [1.165, 1.54) is 5.56 Å². The molecule has 1 heterocycles. The van der Waals surface area contributed by atoms with E-state index in [4.69, 9.17) is 14.2 Å². The highest BCUT2D eigenvalue weighted by Gasteiger charge is 2.34. The summed E-state index contributed by atoms with van der Waals surface area (Å²) in [4.78, 5) is 12.9. The number of ether oxygens (including phenoxy) is 3. The van der Waals surface area contributed by atoms with Crippen molar-refractivity contribution in [3.63, 3.8) is 0 Å². The normalized spacial score (nSPS) is 16.7. The van der Waals surface area contributed by atoms with Crippen LogP contribution in [0, 0.1) is 0 Å². The van der Waals surface area contributed by atoms with E-state index in [-0.39, 0.29) is 17.5 Å². The molecule has 2 aromatic carbocycles. The van der Waals surface area contributed by atoms with Gasteiger partial charge in [-0.1, -0.05) is 30.3 Å². The zero-order valence-electron chi connectivity index (χ0n) is 17.4. The van der Waals surface area contributed by atoms with Crippen LogP contribution in [0.25, 0.3) is 0 Å². The Morgan fingerprint density at radius 2 is 1.83 bits per heavy atom. The van der Waals surface area contributed by atoms with E-state index < -0.39 is 0 Å². The molecule has 2 aromatic rings. The van der Waals surface area contributed by atoms with Crippen molar-refractivity contribution < 1.29 is 19.0 Å². The molecule has 0 saturated carbocycles. The molecule has 6 nitrogen and oxygen atoms in total. The van der Waals surface area contributed by atoms with Gasteiger partial charge in [0, 0.05) is 31.3 Å². The van der Waals surface area contributed by atoms with Gasteiger partial charge in [-0.05, 0) is 43.5 Å². The van der Waals surface area contributed by atoms with Crippen LogP contribution < -0.4 is 20.1 Å². The van der Waals surface area contributed by atoms with Gasteiger partial charge in [-0.25, -0.2) is 0 Å². The first-order chi connectivity index (χ1) is 14.1. The van der Waals surface area contributed by atoms with Crippen molar-refractivity contribution >= 4 is 5.91 Å². The fourth-order valence-electron chi connectivity index (χ4n) is 3.75. The van der Waals surface area contributed by atoms with E-state index in [1.54, 1.807) is 32.4 Å². The van der Waals surface area contributed by atoms with Gasteiger partial charge in [0.2, 0.25) is 0 Å². The minimum Gasteiger partial charge on any atom is -0.497 e. The number of amides is 1. The number of hydrogen-bond acceptors (Lipinski definition) is 5. The summed E-state index contributed by atoms with van der Waals surface area (Å²) >= 11 is 0. The summed E-state index contributed by atoms with van der Waals surface area (Å²) in [7, 11) is 3.14. The highest BCUT2D eigenvalue weighted by Crippen LogP contribution is 2.27. The highest BCUT2D eigenvalue weighted by atomic mass is 16.5. The van der Waals surface area contributed by atoms with Crippen LogP contribution in [0.3, 0.4) is 0 Å².